The summed E-state index contributed by atoms with van der Waals surface area (Å²) in [5, 5.41) is 8.28. The third kappa shape index (κ3) is 29.7. The van der Waals surface area contributed by atoms with Gasteiger partial charge in [0.1, 0.15) is 6.29 Å². The number of carbonyl (C=O) groups is 1. The summed E-state index contributed by atoms with van der Waals surface area (Å²) in [6, 6.07) is 0. The van der Waals surface area contributed by atoms with E-state index in [-0.39, 0.29) is 25.3 Å². The van der Waals surface area contributed by atoms with Gasteiger partial charge in [-0.2, -0.15) is 0 Å². The number of aliphatic hydroxyl groups excluding tert-OH is 1. The fraction of sp³-hybridized carbons (Fsp3) is 0.938. The lowest BCUT2D eigenvalue weighted by Gasteiger charge is -2.08. The van der Waals surface area contributed by atoms with Gasteiger partial charge < -0.3 is 33.6 Å². The molecule has 0 saturated carbocycles. The summed E-state index contributed by atoms with van der Waals surface area (Å²) in [5.41, 5.74) is 0. The Labute approximate surface area is 153 Å². The zero-order valence-corrected chi connectivity index (χ0v) is 16.8. The van der Waals surface area contributed by atoms with E-state index in [0.717, 1.165) is 25.9 Å². The van der Waals surface area contributed by atoms with E-state index in [4.69, 9.17) is 19.3 Å². The van der Waals surface area contributed by atoms with Gasteiger partial charge in [0.15, 0.2) is 12.6 Å². The highest BCUT2D eigenvalue weighted by molar-refractivity contribution is 5.85. The number of aliphatic hydroxyl groups is 1. The minimum absolute atomic E-state index is 0. The summed E-state index contributed by atoms with van der Waals surface area (Å²) in [6.07, 6.45) is 4.51. The third-order valence-corrected chi connectivity index (χ3v) is 2.53. The number of ether oxygens (including phenoxy) is 5. The van der Waals surface area contributed by atoms with Gasteiger partial charge in [0.2, 0.25) is 0 Å². The molecule has 0 atom stereocenters. The third-order valence-electron chi connectivity index (χ3n) is 2.53. The Morgan fingerprint density at radius 1 is 0.958 bits per heavy atom. The highest BCUT2D eigenvalue weighted by atomic mass is 35.5. The fourth-order valence-electron chi connectivity index (χ4n) is 1.19. The molecule has 24 heavy (non-hydrogen) atoms. The first-order valence-corrected chi connectivity index (χ1v) is 7.84. The van der Waals surface area contributed by atoms with Crippen LogP contribution < -0.4 is 0 Å². The Morgan fingerprint density at radius 3 is 1.38 bits per heavy atom. The molecule has 1 fully saturated rings. The number of hydrogen-bond donors (Lipinski definition) is 1. The molecule has 1 saturated heterocycles. The van der Waals surface area contributed by atoms with Crippen molar-refractivity contribution in [3.8, 4) is 0 Å². The van der Waals surface area contributed by atoms with Crippen LogP contribution in [0.15, 0.2) is 0 Å². The topological polar surface area (TPSA) is 83.5 Å². The van der Waals surface area contributed by atoms with Crippen LogP contribution in [0.2, 0.25) is 0 Å². The SMILES string of the molecule is C1CCOC1.CCC(OC)OC.CCC=O.COC(CO)OC.Cl. The Balaban J connectivity index is -0.000000112. The highest BCUT2D eigenvalue weighted by Gasteiger charge is 1.98. The highest BCUT2D eigenvalue weighted by Crippen LogP contribution is 1.98. The van der Waals surface area contributed by atoms with Crippen LogP contribution in [0.4, 0.5) is 0 Å². The maximum atomic E-state index is 9.17. The predicted octanol–water partition coefficient (Wildman–Crippen LogP) is 2.43. The summed E-state index contributed by atoms with van der Waals surface area (Å²) < 4.78 is 23.8. The molecule has 0 spiro atoms. The van der Waals surface area contributed by atoms with Crippen LogP contribution in [-0.2, 0) is 28.5 Å². The van der Waals surface area contributed by atoms with E-state index in [1.807, 2.05) is 13.8 Å². The van der Waals surface area contributed by atoms with Crippen LogP contribution in [0.25, 0.3) is 0 Å². The van der Waals surface area contributed by atoms with Crippen molar-refractivity contribution in [3.05, 3.63) is 0 Å². The molecule has 0 bridgehead atoms. The Hall–Kier alpha value is -0.280. The first-order chi connectivity index (χ1) is 11.1. The standard InChI is InChI=1S/C5H12O2.C4H10O3.C4H8O.C3H6O.ClH/c1-4-5(6-2)7-3;1-6-4(3-5)7-2;1-2-4-5-3-1;1-2-3-4;/h5H,4H2,1-3H3;4-5H,3H2,1-2H3;1-4H2;3H,2H2,1H3;1H. The van der Waals surface area contributed by atoms with Crippen LogP contribution in [0.5, 0.6) is 0 Å². The monoisotopic (exact) mass is 376 g/mol. The van der Waals surface area contributed by atoms with E-state index in [9.17, 15) is 4.79 Å². The van der Waals surface area contributed by atoms with Gasteiger partial charge >= 0.3 is 0 Å². The molecule has 0 aromatic heterocycles. The molecule has 1 aliphatic heterocycles. The Bertz CT molecular complexity index is 166. The van der Waals surface area contributed by atoms with E-state index in [0.29, 0.717) is 6.42 Å². The van der Waals surface area contributed by atoms with Gasteiger partial charge in [-0.05, 0) is 19.3 Å². The smallest absolute Gasteiger partial charge is 0.179 e. The summed E-state index contributed by atoms with van der Waals surface area (Å²) >= 11 is 0. The molecule has 0 aromatic rings. The van der Waals surface area contributed by atoms with E-state index in [2.05, 4.69) is 9.47 Å². The van der Waals surface area contributed by atoms with Gasteiger partial charge in [-0.15, -0.1) is 12.4 Å². The number of aldehydes is 1. The fourth-order valence-corrected chi connectivity index (χ4v) is 1.19. The zero-order chi connectivity index (χ0) is 18.3. The molecule has 7 nitrogen and oxygen atoms in total. The molecule has 1 aliphatic rings. The van der Waals surface area contributed by atoms with Crippen molar-refractivity contribution >= 4 is 18.7 Å². The van der Waals surface area contributed by atoms with E-state index < -0.39 is 6.29 Å². The van der Waals surface area contributed by atoms with Gasteiger partial charge in [0.05, 0.1) is 6.61 Å². The van der Waals surface area contributed by atoms with Gasteiger partial charge in [-0.1, -0.05) is 13.8 Å². The van der Waals surface area contributed by atoms with Gasteiger partial charge in [0, 0.05) is 48.1 Å². The van der Waals surface area contributed by atoms with Crippen LogP contribution in [-0.4, -0.2) is 72.2 Å². The lowest BCUT2D eigenvalue weighted by atomic mass is 10.4. The summed E-state index contributed by atoms with van der Waals surface area (Å²) in [6.45, 7) is 5.73. The molecule has 1 heterocycles. The van der Waals surface area contributed by atoms with Gasteiger partial charge in [-0.3, -0.25) is 0 Å². The minimum Gasteiger partial charge on any atom is -0.391 e. The average Bonchev–Trinajstić information content (AvgIpc) is 3.19. The maximum absolute atomic E-state index is 9.17. The number of rotatable bonds is 7. The van der Waals surface area contributed by atoms with Crippen LogP contribution >= 0.6 is 12.4 Å². The van der Waals surface area contributed by atoms with E-state index in [1.54, 1.807) is 14.2 Å². The van der Waals surface area contributed by atoms with Crippen molar-refractivity contribution in [2.45, 2.75) is 52.1 Å². The van der Waals surface area contributed by atoms with E-state index in [1.165, 1.54) is 27.1 Å². The molecule has 1 N–H and O–H groups in total. The van der Waals surface area contributed by atoms with E-state index >= 15 is 0 Å². The van der Waals surface area contributed by atoms with Crippen molar-refractivity contribution in [2.75, 3.05) is 48.3 Å². The second-order valence-corrected chi connectivity index (χ2v) is 4.29. The minimum atomic E-state index is -0.458. The predicted molar refractivity (Wildman–Crippen MR) is 96.6 cm³/mol. The molecule has 8 heteroatoms. The number of carbonyl (C=O) groups excluding carboxylic acids is 1. The molecule has 150 valence electrons. The summed E-state index contributed by atoms with van der Waals surface area (Å²) in [4.78, 5) is 9.17. The first kappa shape index (κ1) is 31.5. The lowest BCUT2D eigenvalue weighted by Crippen LogP contribution is -2.16. The van der Waals surface area contributed by atoms with Crippen molar-refractivity contribution in [3.63, 3.8) is 0 Å². The van der Waals surface area contributed by atoms with Crippen molar-refractivity contribution < 1.29 is 33.6 Å². The quantitative estimate of drug-likeness (QED) is 0.539. The lowest BCUT2D eigenvalue weighted by molar-refractivity contribution is -0.127. The van der Waals surface area contributed by atoms with Crippen LogP contribution in [0, 0.1) is 0 Å². The second-order valence-electron chi connectivity index (χ2n) is 4.29. The zero-order valence-electron chi connectivity index (χ0n) is 16.0. The van der Waals surface area contributed by atoms with Crippen LogP contribution in [0.3, 0.4) is 0 Å². The average molecular weight is 377 g/mol. The molecule has 0 aromatic carbocycles. The normalized spacial score (nSPS) is 12.0. The Morgan fingerprint density at radius 2 is 1.33 bits per heavy atom. The van der Waals surface area contributed by atoms with Crippen molar-refractivity contribution in [1.29, 1.82) is 0 Å². The number of hydrogen-bond acceptors (Lipinski definition) is 7. The molecular formula is C16H37ClO7. The van der Waals surface area contributed by atoms with Gasteiger partial charge in [-0.25, -0.2) is 0 Å². The summed E-state index contributed by atoms with van der Waals surface area (Å²) in [7, 11) is 6.23. The van der Waals surface area contributed by atoms with Crippen molar-refractivity contribution in [1.82, 2.24) is 0 Å². The molecule has 0 unspecified atom stereocenters. The second kappa shape index (κ2) is 30.6. The maximum Gasteiger partial charge on any atom is 0.179 e. The molecular weight excluding hydrogens is 340 g/mol. The number of halogens is 1. The summed E-state index contributed by atoms with van der Waals surface area (Å²) in [5.74, 6) is 0. The molecule has 0 aliphatic carbocycles. The van der Waals surface area contributed by atoms with Crippen LogP contribution in [0.1, 0.15) is 39.5 Å². The molecule has 0 radical (unpaired) electrons. The van der Waals surface area contributed by atoms with Gasteiger partial charge in [0.25, 0.3) is 0 Å². The number of methoxy groups -OCH3 is 4. The molecule has 1 rings (SSSR count). The Kier molecular flexibility index (Phi) is 40.1. The first-order valence-electron chi connectivity index (χ1n) is 7.84. The largest absolute Gasteiger partial charge is 0.391 e. The van der Waals surface area contributed by atoms with Crippen molar-refractivity contribution in [2.24, 2.45) is 0 Å². The molecule has 0 amide bonds.